The SMILES string of the molecule is Cc1cnc(CN(C)[C@@H]2CCN(C[C@H](C#N)CCC#N)C2)o1. The number of nitriles is 2. The zero-order valence-electron chi connectivity index (χ0n) is 13.3. The van der Waals surface area contributed by atoms with E-state index in [1.165, 1.54) is 0 Å². The van der Waals surface area contributed by atoms with Crippen LogP contribution in [0.2, 0.25) is 0 Å². The molecule has 118 valence electrons. The topological polar surface area (TPSA) is 80.1 Å². The third-order valence-electron chi connectivity index (χ3n) is 4.19. The first kappa shape index (κ1) is 16.5. The number of hydrogen-bond donors (Lipinski definition) is 0. The number of hydrogen-bond acceptors (Lipinski definition) is 6. The summed E-state index contributed by atoms with van der Waals surface area (Å²) in [7, 11) is 2.09. The average molecular weight is 301 g/mol. The van der Waals surface area contributed by atoms with Crippen LogP contribution in [0.25, 0.3) is 0 Å². The summed E-state index contributed by atoms with van der Waals surface area (Å²) in [5.74, 6) is 1.55. The highest BCUT2D eigenvalue weighted by Crippen LogP contribution is 2.19. The van der Waals surface area contributed by atoms with Gasteiger partial charge < -0.3 is 9.32 Å². The van der Waals surface area contributed by atoms with Gasteiger partial charge in [-0.05, 0) is 33.4 Å². The van der Waals surface area contributed by atoms with Crippen molar-refractivity contribution in [2.45, 2.75) is 38.8 Å². The highest BCUT2D eigenvalue weighted by atomic mass is 16.4. The number of likely N-dealkylation sites (tertiary alicyclic amines) is 1. The molecule has 0 bridgehead atoms. The van der Waals surface area contributed by atoms with Crippen LogP contribution in [0.5, 0.6) is 0 Å². The lowest BCUT2D eigenvalue weighted by molar-refractivity contribution is 0.201. The smallest absolute Gasteiger partial charge is 0.208 e. The summed E-state index contributed by atoms with van der Waals surface area (Å²) in [5.41, 5.74) is 0. The van der Waals surface area contributed by atoms with Crippen molar-refractivity contribution in [2.24, 2.45) is 5.92 Å². The lowest BCUT2D eigenvalue weighted by atomic mass is 10.1. The van der Waals surface area contributed by atoms with Crippen LogP contribution < -0.4 is 0 Å². The first-order valence-corrected chi connectivity index (χ1v) is 7.73. The molecule has 0 saturated carbocycles. The van der Waals surface area contributed by atoms with E-state index in [4.69, 9.17) is 14.9 Å². The number of aromatic nitrogens is 1. The molecule has 0 amide bonds. The minimum absolute atomic E-state index is 0.0434. The van der Waals surface area contributed by atoms with Gasteiger partial charge in [-0.1, -0.05) is 0 Å². The van der Waals surface area contributed by atoms with Gasteiger partial charge in [-0.3, -0.25) is 4.90 Å². The quantitative estimate of drug-likeness (QED) is 0.765. The van der Waals surface area contributed by atoms with Crippen LogP contribution in [0.3, 0.4) is 0 Å². The van der Waals surface area contributed by atoms with E-state index in [9.17, 15) is 0 Å². The summed E-state index contributed by atoms with van der Waals surface area (Å²) in [6.45, 7) is 5.34. The predicted octanol–water partition coefficient (Wildman–Crippen LogP) is 1.93. The standard InChI is InChI=1S/C16H23N5O/c1-13-9-19-16(22-13)12-20(2)15-5-7-21(11-15)10-14(8-18)4-3-6-17/h9,14-15H,3-5,7,10-12H2,1-2H3/t14-,15+/m0/s1. The fourth-order valence-corrected chi connectivity index (χ4v) is 2.90. The van der Waals surface area contributed by atoms with Gasteiger partial charge in [-0.2, -0.15) is 10.5 Å². The Hall–Kier alpha value is -1.89. The Kier molecular flexibility index (Phi) is 5.94. The predicted molar refractivity (Wildman–Crippen MR) is 81.5 cm³/mol. The van der Waals surface area contributed by atoms with E-state index in [0.29, 0.717) is 25.4 Å². The molecule has 1 saturated heterocycles. The molecule has 1 aliphatic rings. The molecular weight excluding hydrogens is 278 g/mol. The third kappa shape index (κ3) is 4.56. The van der Waals surface area contributed by atoms with Crippen molar-refractivity contribution in [3.8, 4) is 12.1 Å². The molecule has 1 aromatic rings. The van der Waals surface area contributed by atoms with Gasteiger partial charge in [0.15, 0.2) is 0 Å². The molecule has 0 aromatic carbocycles. The Morgan fingerprint density at radius 1 is 1.55 bits per heavy atom. The molecule has 0 unspecified atom stereocenters. The summed E-state index contributed by atoms with van der Waals surface area (Å²) in [4.78, 5) is 8.84. The van der Waals surface area contributed by atoms with E-state index < -0.39 is 0 Å². The van der Waals surface area contributed by atoms with Gasteiger partial charge in [0.25, 0.3) is 0 Å². The van der Waals surface area contributed by atoms with Gasteiger partial charge >= 0.3 is 0 Å². The van der Waals surface area contributed by atoms with Crippen molar-refractivity contribution in [3.63, 3.8) is 0 Å². The van der Waals surface area contributed by atoms with Crippen LogP contribution in [-0.2, 0) is 6.54 Å². The molecule has 2 rings (SSSR count). The van der Waals surface area contributed by atoms with Gasteiger partial charge in [-0.25, -0.2) is 4.98 Å². The van der Waals surface area contributed by atoms with E-state index in [1.807, 2.05) is 6.92 Å². The molecule has 0 spiro atoms. The van der Waals surface area contributed by atoms with E-state index >= 15 is 0 Å². The number of aryl methyl sites for hydroxylation is 1. The fraction of sp³-hybridized carbons (Fsp3) is 0.688. The molecule has 1 aliphatic heterocycles. The summed E-state index contributed by atoms with van der Waals surface area (Å²) in [5, 5.41) is 17.8. The van der Waals surface area contributed by atoms with Crippen LogP contribution >= 0.6 is 0 Å². The van der Waals surface area contributed by atoms with Crippen LogP contribution in [0.4, 0.5) is 0 Å². The summed E-state index contributed by atoms with van der Waals surface area (Å²) >= 11 is 0. The second-order valence-electron chi connectivity index (χ2n) is 6.00. The van der Waals surface area contributed by atoms with Crippen LogP contribution in [-0.4, -0.2) is 47.5 Å². The zero-order valence-corrected chi connectivity index (χ0v) is 13.3. The Bertz CT molecular complexity index is 556. The van der Waals surface area contributed by atoms with Crippen molar-refractivity contribution >= 4 is 0 Å². The van der Waals surface area contributed by atoms with Crippen molar-refractivity contribution in [2.75, 3.05) is 26.7 Å². The molecule has 2 heterocycles. The Morgan fingerprint density at radius 2 is 2.36 bits per heavy atom. The summed E-state index contributed by atoms with van der Waals surface area (Å²) < 4.78 is 5.53. The maximum Gasteiger partial charge on any atom is 0.208 e. The number of rotatable bonds is 7. The van der Waals surface area contributed by atoms with E-state index in [0.717, 1.165) is 37.7 Å². The lowest BCUT2D eigenvalue weighted by Gasteiger charge is -2.24. The minimum Gasteiger partial charge on any atom is -0.445 e. The Balaban J connectivity index is 1.79. The first-order chi connectivity index (χ1) is 10.6. The third-order valence-corrected chi connectivity index (χ3v) is 4.19. The normalized spacial score (nSPS) is 20.0. The van der Waals surface area contributed by atoms with Gasteiger partial charge in [0.1, 0.15) is 5.76 Å². The largest absolute Gasteiger partial charge is 0.445 e. The molecule has 6 nitrogen and oxygen atoms in total. The van der Waals surface area contributed by atoms with Gasteiger partial charge in [0.2, 0.25) is 5.89 Å². The zero-order chi connectivity index (χ0) is 15.9. The molecule has 1 fully saturated rings. The highest BCUT2D eigenvalue weighted by molar-refractivity contribution is 4.93. The molecule has 1 aromatic heterocycles. The molecule has 0 aliphatic carbocycles. The second kappa shape index (κ2) is 7.93. The first-order valence-electron chi connectivity index (χ1n) is 7.73. The van der Waals surface area contributed by atoms with E-state index in [2.05, 4.69) is 34.0 Å². The molecule has 22 heavy (non-hydrogen) atoms. The minimum atomic E-state index is -0.0434. The van der Waals surface area contributed by atoms with Crippen LogP contribution in [0, 0.1) is 35.5 Å². The fourth-order valence-electron chi connectivity index (χ4n) is 2.90. The van der Waals surface area contributed by atoms with Crippen LogP contribution in [0.15, 0.2) is 10.6 Å². The number of nitrogens with zero attached hydrogens (tertiary/aromatic N) is 5. The monoisotopic (exact) mass is 301 g/mol. The lowest BCUT2D eigenvalue weighted by Crippen LogP contribution is -2.35. The van der Waals surface area contributed by atoms with E-state index in [1.54, 1.807) is 6.20 Å². The van der Waals surface area contributed by atoms with E-state index in [-0.39, 0.29) is 5.92 Å². The molecule has 0 N–H and O–H groups in total. The molecular formula is C16H23N5O. The second-order valence-corrected chi connectivity index (χ2v) is 6.00. The summed E-state index contributed by atoms with van der Waals surface area (Å²) in [6.07, 6.45) is 3.96. The maximum atomic E-state index is 9.17. The Morgan fingerprint density at radius 3 is 3.00 bits per heavy atom. The van der Waals surface area contributed by atoms with Crippen molar-refractivity contribution in [3.05, 3.63) is 17.8 Å². The van der Waals surface area contributed by atoms with Gasteiger partial charge in [0.05, 0.1) is 30.8 Å². The van der Waals surface area contributed by atoms with Crippen LogP contribution in [0.1, 0.15) is 30.9 Å². The van der Waals surface area contributed by atoms with Crippen molar-refractivity contribution in [1.29, 1.82) is 10.5 Å². The summed E-state index contributed by atoms with van der Waals surface area (Å²) in [6, 6.07) is 4.90. The average Bonchev–Trinajstić information content (AvgIpc) is 3.12. The van der Waals surface area contributed by atoms with Gasteiger partial charge in [-0.15, -0.1) is 0 Å². The maximum absolute atomic E-state index is 9.17. The van der Waals surface area contributed by atoms with Gasteiger partial charge in [0, 0.05) is 25.6 Å². The Labute approximate surface area is 131 Å². The number of oxazole rings is 1. The van der Waals surface area contributed by atoms with Crippen molar-refractivity contribution in [1.82, 2.24) is 14.8 Å². The molecule has 2 atom stereocenters. The molecule has 6 heteroatoms. The number of likely N-dealkylation sites (N-methyl/N-ethyl adjacent to an activating group) is 1. The molecule has 0 radical (unpaired) electrons. The highest BCUT2D eigenvalue weighted by Gasteiger charge is 2.27. The van der Waals surface area contributed by atoms with Crippen molar-refractivity contribution < 1.29 is 4.42 Å².